The number of hydrogen-bond donors (Lipinski definition) is 2. The highest BCUT2D eigenvalue weighted by atomic mass is 79.9. The van der Waals surface area contributed by atoms with Crippen LogP contribution in [0.5, 0.6) is 0 Å². The van der Waals surface area contributed by atoms with Crippen LogP contribution in [0.15, 0.2) is 35.1 Å². The van der Waals surface area contributed by atoms with E-state index in [2.05, 4.69) is 21.0 Å². The molecule has 0 saturated carbocycles. The van der Waals surface area contributed by atoms with Crippen LogP contribution in [-0.4, -0.2) is 15.6 Å². The fourth-order valence-electron chi connectivity index (χ4n) is 1.40. The van der Waals surface area contributed by atoms with Crippen LogP contribution in [0.4, 0.5) is 0 Å². The van der Waals surface area contributed by atoms with E-state index in [1.807, 2.05) is 6.07 Å². The molecule has 1 aromatic heterocycles. The monoisotopic (exact) mass is 298 g/mol. The van der Waals surface area contributed by atoms with Crippen LogP contribution in [-0.2, 0) is 0 Å². The van der Waals surface area contributed by atoms with Gasteiger partial charge in [0.1, 0.15) is 5.84 Å². The Morgan fingerprint density at radius 1 is 1.50 bits per heavy atom. The molecule has 2 aromatic rings. The molecule has 1 heterocycles. The van der Waals surface area contributed by atoms with Crippen molar-refractivity contribution >= 4 is 33.4 Å². The minimum absolute atomic E-state index is 0.0766. The average Bonchev–Trinajstić information content (AvgIpc) is 2.63. The first-order valence-corrected chi connectivity index (χ1v) is 5.60. The summed E-state index contributed by atoms with van der Waals surface area (Å²) in [5, 5.41) is 12.1. The Bertz CT molecular complexity index is 550. The van der Waals surface area contributed by atoms with E-state index in [0.717, 1.165) is 4.47 Å². The molecule has 16 heavy (non-hydrogen) atoms. The highest BCUT2D eigenvalue weighted by Gasteiger charge is 2.11. The van der Waals surface area contributed by atoms with E-state index < -0.39 is 0 Å². The molecule has 0 aliphatic carbocycles. The van der Waals surface area contributed by atoms with Crippen molar-refractivity contribution in [1.82, 2.24) is 9.78 Å². The molecule has 0 aliphatic heterocycles. The van der Waals surface area contributed by atoms with Gasteiger partial charge in [-0.15, -0.1) is 0 Å². The molecule has 0 saturated heterocycles. The third-order valence-electron chi connectivity index (χ3n) is 2.06. The van der Waals surface area contributed by atoms with E-state index in [1.165, 1.54) is 0 Å². The van der Waals surface area contributed by atoms with Gasteiger partial charge in [0.05, 0.1) is 26.9 Å². The summed E-state index contributed by atoms with van der Waals surface area (Å²) in [4.78, 5) is 0. The second-order valence-corrected chi connectivity index (χ2v) is 4.47. The van der Waals surface area contributed by atoms with Crippen molar-refractivity contribution in [1.29, 1.82) is 5.41 Å². The van der Waals surface area contributed by atoms with Gasteiger partial charge in [-0.3, -0.25) is 5.41 Å². The van der Waals surface area contributed by atoms with Gasteiger partial charge in [0, 0.05) is 6.20 Å². The number of rotatable bonds is 2. The summed E-state index contributed by atoms with van der Waals surface area (Å²) in [7, 11) is 0. The standard InChI is InChI=1S/C10H8BrClN4/c11-6-4-15-16(5-6)8-3-1-2-7(12)9(8)10(13)14/h1-5H,(H3,13,14). The second-order valence-electron chi connectivity index (χ2n) is 3.15. The summed E-state index contributed by atoms with van der Waals surface area (Å²) < 4.78 is 2.47. The molecule has 2 rings (SSSR count). The lowest BCUT2D eigenvalue weighted by Gasteiger charge is -2.09. The minimum atomic E-state index is -0.0766. The summed E-state index contributed by atoms with van der Waals surface area (Å²) in [6.45, 7) is 0. The molecule has 0 bridgehead atoms. The van der Waals surface area contributed by atoms with Gasteiger partial charge in [0.15, 0.2) is 0 Å². The third-order valence-corrected chi connectivity index (χ3v) is 2.78. The molecule has 0 amide bonds. The number of nitrogens with zero attached hydrogens (tertiary/aromatic N) is 2. The first-order valence-electron chi connectivity index (χ1n) is 4.43. The molecule has 0 unspecified atom stereocenters. The number of benzene rings is 1. The van der Waals surface area contributed by atoms with Crippen molar-refractivity contribution in [2.75, 3.05) is 0 Å². The van der Waals surface area contributed by atoms with Crippen LogP contribution in [0, 0.1) is 5.41 Å². The van der Waals surface area contributed by atoms with Gasteiger partial charge in [0.25, 0.3) is 0 Å². The maximum atomic E-state index is 7.51. The van der Waals surface area contributed by atoms with E-state index in [4.69, 9.17) is 22.7 Å². The highest BCUT2D eigenvalue weighted by molar-refractivity contribution is 9.10. The Balaban J connectivity index is 2.65. The molecule has 6 heteroatoms. The van der Waals surface area contributed by atoms with Gasteiger partial charge >= 0.3 is 0 Å². The molecule has 0 radical (unpaired) electrons. The predicted octanol–water partition coefficient (Wildman–Crippen LogP) is 2.57. The minimum Gasteiger partial charge on any atom is -0.384 e. The van der Waals surface area contributed by atoms with Gasteiger partial charge in [-0.2, -0.15) is 5.10 Å². The van der Waals surface area contributed by atoms with Crippen LogP contribution in [0.1, 0.15) is 5.56 Å². The van der Waals surface area contributed by atoms with Crippen LogP contribution < -0.4 is 5.73 Å². The molecule has 0 atom stereocenters. The van der Waals surface area contributed by atoms with Crippen molar-refractivity contribution in [2.45, 2.75) is 0 Å². The predicted molar refractivity (Wildman–Crippen MR) is 67.3 cm³/mol. The van der Waals surface area contributed by atoms with Crippen molar-refractivity contribution in [3.8, 4) is 5.69 Å². The zero-order chi connectivity index (χ0) is 11.7. The van der Waals surface area contributed by atoms with Crippen LogP contribution >= 0.6 is 27.5 Å². The summed E-state index contributed by atoms with van der Waals surface area (Å²) in [5.74, 6) is -0.0766. The lowest BCUT2D eigenvalue weighted by atomic mass is 10.1. The van der Waals surface area contributed by atoms with Crippen molar-refractivity contribution < 1.29 is 0 Å². The van der Waals surface area contributed by atoms with Crippen molar-refractivity contribution in [3.05, 3.63) is 45.7 Å². The van der Waals surface area contributed by atoms with Gasteiger partial charge < -0.3 is 5.73 Å². The number of nitrogens with two attached hydrogens (primary N) is 1. The number of amidine groups is 1. The molecule has 0 aliphatic rings. The molecule has 0 fully saturated rings. The Labute approximate surface area is 106 Å². The molecular formula is C10H8BrClN4. The molecule has 1 aromatic carbocycles. The quantitative estimate of drug-likeness (QED) is 0.661. The summed E-state index contributed by atoms with van der Waals surface area (Å²) in [6.07, 6.45) is 3.43. The number of aromatic nitrogens is 2. The zero-order valence-corrected chi connectivity index (χ0v) is 10.5. The molecule has 82 valence electrons. The van der Waals surface area contributed by atoms with Crippen LogP contribution in [0.25, 0.3) is 5.69 Å². The van der Waals surface area contributed by atoms with Gasteiger partial charge in [-0.1, -0.05) is 17.7 Å². The molecule has 4 nitrogen and oxygen atoms in total. The lowest BCUT2D eigenvalue weighted by molar-refractivity contribution is 0.878. The Morgan fingerprint density at radius 2 is 2.25 bits per heavy atom. The van der Waals surface area contributed by atoms with E-state index >= 15 is 0 Å². The topological polar surface area (TPSA) is 67.7 Å². The van der Waals surface area contributed by atoms with Gasteiger partial charge in [-0.25, -0.2) is 4.68 Å². The number of hydrogen-bond acceptors (Lipinski definition) is 2. The SMILES string of the molecule is N=C(N)c1c(Cl)cccc1-n1cc(Br)cn1. The number of nitrogen functional groups attached to an aromatic ring is 1. The smallest absolute Gasteiger partial charge is 0.126 e. The maximum Gasteiger partial charge on any atom is 0.126 e. The molecule has 0 spiro atoms. The van der Waals surface area contributed by atoms with Crippen LogP contribution in [0.2, 0.25) is 5.02 Å². The first kappa shape index (κ1) is 11.2. The van der Waals surface area contributed by atoms with E-state index in [9.17, 15) is 0 Å². The van der Waals surface area contributed by atoms with Crippen molar-refractivity contribution in [2.24, 2.45) is 5.73 Å². The number of nitrogens with one attached hydrogen (secondary N) is 1. The first-order chi connectivity index (χ1) is 7.59. The number of halogens is 2. The van der Waals surface area contributed by atoms with E-state index in [0.29, 0.717) is 16.3 Å². The molecular weight excluding hydrogens is 291 g/mol. The van der Waals surface area contributed by atoms with E-state index in [-0.39, 0.29) is 5.84 Å². The van der Waals surface area contributed by atoms with E-state index in [1.54, 1.807) is 29.2 Å². The Kier molecular flexibility index (Phi) is 2.98. The van der Waals surface area contributed by atoms with Crippen molar-refractivity contribution in [3.63, 3.8) is 0 Å². The third kappa shape index (κ3) is 1.96. The Morgan fingerprint density at radius 3 is 2.81 bits per heavy atom. The fraction of sp³-hybridized carbons (Fsp3) is 0. The van der Waals surface area contributed by atoms with Crippen LogP contribution in [0.3, 0.4) is 0 Å². The summed E-state index contributed by atoms with van der Waals surface area (Å²) in [5.41, 5.74) is 6.68. The Hall–Kier alpha value is -1.33. The fourth-order valence-corrected chi connectivity index (χ4v) is 1.96. The molecule has 3 N–H and O–H groups in total. The average molecular weight is 300 g/mol. The largest absolute Gasteiger partial charge is 0.384 e. The summed E-state index contributed by atoms with van der Waals surface area (Å²) >= 11 is 9.32. The lowest BCUT2D eigenvalue weighted by Crippen LogP contribution is -2.15. The second kappa shape index (κ2) is 4.27. The normalized spacial score (nSPS) is 10.4. The van der Waals surface area contributed by atoms with Gasteiger partial charge in [0.2, 0.25) is 0 Å². The summed E-state index contributed by atoms with van der Waals surface area (Å²) in [6, 6.07) is 5.29. The zero-order valence-electron chi connectivity index (χ0n) is 8.11. The van der Waals surface area contributed by atoms with Gasteiger partial charge in [-0.05, 0) is 28.1 Å². The highest BCUT2D eigenvalue weighted by Crippen LogP contribution is 2.23. The maximum absolute atomic E-state index is 7.51.